The zero-order valence-corrected chi connectivity index (χ0v) is 13.4. The van der Waals surface area contributed by atoms with Gasteiger partial charge in [0.15, 0.2) is 0 Å². The third-order valence-electron chi connectivity index (χ3n) is 2.85. The van der Waals surface area contributed by atoms with Gasteiger partial charge in [0.25, 0.3) is 0 Å². The number of rotatable bonds is 8. The molecule has 0 saturated carbocycles. The van der Waals surface area contributed by atoms with Crippen molar-refractivity contribution in [1.82, 2.24) is 9.96 Å². The molecule has 0 aromatic heterocycles. The van der Waals surface area contributed by atoms with Crippen LogP contribution in [0.15, 0.2) is 0 Å². The maximum atomic E-state index is 12.2. The summed E-state index contributed by atoms with van der Waals surface area (Å²) in [6, 6.07) is -0.407. The van der Waals surface area contributed by atoms with Crippen molar-refractivity contribution in [3.8, 4) is 0 Å². The van der Waals surface area contributed by atoms with Crippen molar-refractivity contribution in [2.75, 3.05) is 13.2 Å². The Hall–Kier alpha value is -0.0662. The molecule has 0 unspecified atom stereocenters. The van der Waals surface area contributed by atoms with Crippen molar-refractivity contribution >= 4 is 17.9 Å². The SMILES string of the molecule is CN[SiH2]CN[Si](C)(CCC(F)(F)F)CCC(F)(F)F. The first-order valence-corrected chi connectivity index (χ1v) is 10.6. The van der Waals surface area contributed by atoms with E-state index >= 15 is 0 Å². The highest BCUT2D eigenvalue weighted by Gasteiger charge is 2.38. The lowest BCUT2D eigenvalue weighted by Crippen LogP contribution is -2.51. The predicted octanol–water partition coefficient (Wildman–Crippen LogP) is 2.32. The first kappa shape index (κ1) is 18.9. The molecule has 2 nitrogen and oxygen atoms in total. The van der Waals surface area contributed by atoms with Gasteiger partial charge in [-0.1, -0.05) is 6.55 Å². The molecular formula is C9H20F6N2Si2. The van der Waals surface area contributed by atoms with Crippen LogP contribution in [0, 0.1) is 0 Å². The summed E-state index contributed by atoms with van der Waals surface area (Å²) in [6.45, 7) is 1.56. The Balaban J connectivity index is 4.43. The molecule has 0 aromatic rings. The van der Waals surface area contributed by atoms with Crippen LogP contribution in [0.4, 0.5) is 26.3 Å². The topological polar surface area (TPSA) is 24.1 Å². The molecule has 0 amide bonds. The van der Waals surface area contributed by atoms with E-state index in [0.29, 0.717) is 6.17 Å². The van der Waals surface area contributed by atoms with Crippen molar-refractivity contribution in [2.45, 2.75) is 43.8 Å². The number of nitrogens with one attached hydrogen (secondary N) is 2. The van der Waals surface area contributed by atoms with Crippen LogP contribution in [0.2, 0.25) is 18.6 Å². The van der Waals surface area contributed by atoms with Gasteiger partial charge in [-0.3, -0.25) is 0 Å². The Labute approximate surface area is 112 Å². The van der Waals surface area contributed by atoms with Crippen LogP contribution in [0.25, 0.3) is 0 Å². The summed E-state index contributed by atoms with van der Waals surface area (Å²) < 4.78 is 73.3. The van der Waals surface area contributed by atoms with Crippen LogP contribution < -0.4 is 9.96 Å². The highest BCUT2D eigenvalue weighted by atomic mass is 28.3. The molecular weight excluding hydrogens is 306 g/mol. The molecule has 0 saturated heterocycles. The molecule has 10 heteroatoms. The monoisotopic (exact) mass is 326 g/mol. The van der Waals surface area contributed by atoms with Crippen LogP contribution in [-0.4, -0.2) is 43.5 Å². The van der Waals surface area contributed by atoms with Crippen LogP contribution in [0.1, 0.15) is 12.8 Å². The van der Waals surface area contributed by atoms with Crippen LogP contribution in [0.5, 0.6) is 0 Å². The lowest BCUT2D eigenvalue weighted by Gasteiger charge is -2.29. The largest absolute Gasteiger partial charge is 0.388 e. The van der Waals surface area contributed by atoms with Crippen molar-refractivity contribution in [3.05, 3.63) is 0 Å². The van der Waals surface area contributed by atoms with Gasteiger partial charge in [0, 0.05) is 12.8 Å². The zero-order valence-electron chi connectivity index (χ0n) is 11.0. The maximum absolute atomic E-state index is 12.2. The van der Waals surface area contributed by atoms with Crippen molar-refractivity contribution in [1.29, 1.82) is 0 Å². The number of alkyl halides is 6. The fourth-order valence-corrected chi connectivity index (χ4v) is 7.06. The van der Waals surface area contributed by atoms with Crippen molar-refractivity contribution in [3.63, 3.8) is 0 Å². The second kappa shape index (κ2) is 7.65. The average Bonchev–Trinajstić information content (AvgIpc) is 2.23. The lowest BCUT2D eigenvalue weighted by atomic mass is 10.5. The third-order valence-corrected chi connectivity index (χ3v) is 8.16. The minimum Gasteiger partial charge on any atom is -0.344 e. The highest BCUT2D eigenvalue weighted by molar-refractivity contribution is 6.76. The molecule has 0 aliphatic heterocycles. The van der Waals surface area contributed by atoms with Gasteiger partial charge in [-0.2, -0.15) is 26.3 Å². The molecule has 0 rings (SSSR count). The van der Waals surface area contributed by atoms with E-state index in [1.54, 1.807) is 13.6 Å². The molecule has 0 radical (unpaired) electrons. The van der Waals surface area contributed by atoms with Crippen LogP contribution >= 0.6 is 0 Å². The minimum atomic E-state index is -4.31. The molecule has 19 heavy (non-hydrogen) atoms. The van der Waals surface area contributed by atoms with E-state index in [0.717, 1.165) is 0 Å². The molecule has 0 aliphatic rings. The fourth-order valence-electron chi connectivity index (χ4n) is 1.63. The Morgan fingerprint density at radius 3 is 1.68 bits per heavy atom. The standard InChI is InChI=1S/C9H20F6N2Si2/c1-16-18-7-17-19(2,5-3-8(10,11)12)6-4-9(13,14)15/h16-17H,3-7,18H2,1-2H3. The molecule has 2 N–H and O–H groups in total. The van der Waals surface area contributed by atoms with Gasteiger partial charge in [0.05, 0.1) is 0 Å². The summed E-state index contributed by atoms with van der Waals surface area (Å²) in [4.78, 5) is 5.92. The van der Waals surface area contributed by atoms with E-state index in [4.69, 9.17) is 0 Å². The second-order valence-electron chi connectivity index (χ2n) is 4.82. The van der Waals surface area contributed by atoms with E-state index < -0.39 is 43.1 Å². The molecule has 0 fully saturated rings. The Kier molecular flexibility index (Phi) is 7.62. The van der Waals surface area contributed by atoms with E-state index in [1.807, 2.05) is 0 Å². The van der Waals surface area contributed by atoms with Gasteiger partial charge < -0.3 is 9.96 Å². The van der Waals surface area contributed by atoms with Gasteiger partial charge in [-0.25, -0.2) is 0 Å². The van der Waals surface area contributed by atoms with Gasteiger partial charge >= 0.3 is 12.4 Å². The smallest absolute Gasteiger partial charge is 0.344 e. The van der Waals surface area contributed by atoms with Crippen molar-refractivity contribution < 1.29 is 26.3 Å². The van der Waals surface area contributed by atoms with Gasteiger partial charge in [0.1, 0.15) is 17.9 Å². The Bertz CT molecular complexity index is 238. The van der Waals surface area contributed by atoms with E-state index in [2.05, 4.69) is 9.96 Å². The van der Waals surface area contributed by atoms with E-state index in [9.17, 15) is 26.3 Å². The summed E-state index contributed by atoms with van der Waals surface area (Å²) >= 11 is 0. The van der Waals surface area contributed by atoms with Gasteiger partial charge in [-0.05, 0) is 25.3 Å². The Morgan fingerprint density at radius 2 is 1.37 bits per heavy atom. The summed E-state index contributed by atoms with van der Waals surface area (Å²) in [6.07, 6.45) is -10.1. The third kappa shape index (κ3) is 11.5. The maximum Gasteiger partial charge on any atom is 0.388 e. The molecule has 0 bridgehead atoms. The van der Waals surface area contributed by atoms with Gasteiger partial charge in [0.2, 0.25) is 0 Å². The average molecular weight is 326 g/mol. The first-order chi connectivity index (χ1) is 8.47. The molecule has 0 aromatic carbocycles. The van der Waals surface area contributed by atoms with Crippen LogP contribution in [0.3, 0.4) is 0 Å². The summed E-state index contributed by atoms with van der Waals surface area (Å²) in [5.74, 6) is 0. The number of hydrogen-bond acceptors (Lipinski definition) is 2. The quantitative estimate of drug-likeness (QED) is 0.406. The summed E-state index contributed by atoms with van der Waals surface area (Å²) in [5.41, 5.74) is 0. The molecule has 116 valence electrons. The van der Waals surface area contributed by atoms with E-state index in [-0.39, 0.29) is 12.1 Å². The number of halogens is 6. The molecule has 0 aliphatic carbocycles. The number of hydrogen-bond donors (Lipinski definition) is 2. The summed E-state index contributed by atoms with van der Waals surface area (Å²) in [7, 11) is -1.62. The Morgan fingerprint density at radius 1 is 0.947 bits per heavy atom. The van der Waals surface area contributed by atoms with Gasteiger partial charge in [-0.15, -0.1) is 0 Å². The molecule has 0 spiro atoms. The zero-order chi connectivity index (χ0) is 15.2. The predicted molar refractivity (Wildman–Crippen MR) is 68.2 cm³/mol. The highest BCUT2D eigenvalue weighted by Crippen LogP contribution is 2.31. The molecule has 0 atom stereocenters. The van der Waals surface area contributed by atoms with Crippen molar-refractivity contribution in [2.24, 2.45) is 0 Å². The lowest BCUT2D eigenvalue weighted by molar-refractivity contribution is -0.131. The fraction of sp³-hybridized carbons (Fsp3) is 1.00. The molecule has 0 heterocycles. The minimum absolute atomic E-state index is 0.204. The van der Waals surface area contributed by atoms with Crippen LogP contribution in [-0.2, 0) is 0 Å². The second-order valence-corrected chi connectivity index (χ2v) is 11.0. The van der Waals surface area contributed by atoms with E-state index in [1.165, 1.54) is 0 Å². The summed E-state index contributed by atoms with van der Waals surface area (Å²) in [5, 5.41) is 0. The first-order valence-electron chi connectivity index (χ1n) is 6.01. The normalized spacial score (nSPS) is 14.5.